The zero-order valence-corrected chi connectivity index (χ0v) is 22.1. The van der Waals surface area contributed by atoms with E-state index in [2.05, 4.69) is 10.3 Å². The van der Waals surface area contributed by atoms with E-state index in [0.717, 1.165) is 23.4 Å². The van der Waals surface area contributed by atoms with Crippen molar-refractivity contribution >= 4 is 29.1 Å². The number of rotatable bonds is 8. The third-order valence-corrected chi connectivity index (χ3v) is 6.22. The number of carbonyl (C=O) groups is 2. The highest BCUT2D eigenvalue weighted by molar-refractivity contribution is 6.07. The summed E-state index contributed by atoms with van der Waals surface area (Å²) < 4.78 is 15.6. The molecule has 200 valence electrons. The summed E-state index contributed by atoms with van der Waals surface area (Å²) >= 11 is 0. The zero-order valence-electron chi connectivity index (χ0n) is 22.1. The Morgan fingerprint density at radius 2 is 1.79 bits per heavy atom. The van der Waals surface area contributed by atoms with Crippen LogP contribution in [0.3, 0.4) is 0 Å². The highest BCUT2D eigenvalue weighted by atomic mass is 19.1. The second-order valence-corrected chi connectivity index (χ2v) is 9.64. The minimum atomic E-state index is -1.39. The van der Waals surface area contributed by atoms with Crippen LogP contribution in [0.1, 0.15) is 40.1 Å². The van der Waals surface area contributed by atoms with Gasteiger partial charge in [-0.15, -0.1) is 0 Å². The number of aryl methyl sites for hydroxylation is 1. The second kappa shape index (κ2) is 11.3. The maximum absolute atomic E-state index is 14.2. The average Bonchev–Trinajstić information content (AvgIpc) is 2.90. The van der Waals surface area contributed by atoms with Crippen molar-refractivity contribution in [2.45, 2.75) is 20.8 Å². The lowest BCUT2D eigenvalue weighted by Gasteiger charge is -2.27. The molecule has 0 aliphatic rings. The third-order valence-electron chi connectivity index (χ3n) is 6.22. The van der Waals surface area contributed by atoms with Crippen LogP contribution in [0.15, 0.2) is 77.7 Å². The summed E-state index contributed by atoms with van der Waals surface area (Å²) in [5.74, 6) is -2.28. The van der Waals surface area contributed by atoms with E-state index in [9.17, 15) is 18.8 Å². The van der Waals surface area contributed by atoms with Gasteiger partial charge in [-0.1, -0.05) is 44.2 Å². The highest BCUT2D eigenvalue weighted by Gasteiger charge is 2.22. The zero-order chi connectivity index (χ0) is 28.3. The number of amides is 1. The van der Waals surface area contributed by atoms with Gasteiger partial charge in [-0.25, -0.2) is 14.2 Å². The van der Waals surface area contributed by atoms with E-state index in [-0.39, 0.29) is 23.3 Å². The van der Waals surface area contributed by atoms with Gasteiger partial charge >= 0.3 is 5.97 Å². The molecule has 0 bridgehead atoms. The van der Waals surface area contributed by atoms with Crippen LogP contribution in [0.5, 0.6) is 0 Å². The minimum absolute atomic E-state index is 0.0540. The molecule has 8 nitrogen and oxygen atoms in total. The first-order valence-electron chi connectivity index (χ1n) is 12.4. The molecule has 0 atom stereocenters. The molecular formula is C30H29FN4O4. The molecule has 0 saturated heterocycles. The Hall–Kier alpha value is -4.79. The predicted octanol–water partition coefficient (Wildman–Crippen LogP) is 5.64. The fourth-order valence-corrected chi connectivity index (χ4v) is 4.31. The van der Waals surface area contributed by atoms with Gasteiger partial charge in [0.25, 0.3) is 11.5 Å². The maximum Gasteiger partial charge on any atom is 0.338 e. The molecule has 1 aromatic heterocycles. The predicted molar refractivity (Wildman–Crippen MR) is 149 cm³/mol. The van der Waals surface area contributed by atoms with Gasteiger partial charge in [0.15, 0.2) is 5.82 Å². The smallest absolute Gasteiger partial charge is 0.338 e. The SMILES string of the molecule is Cc1c(-c2cn(C)c(=O)c(Nc3ccc(C(=O)O)c(F)c3)n2)cccc1N(CC(C)C)C(=O)c1ccccc1. The van der Waals surface area contributed by atoms with Crippen molar-refractivity contribution in [2.75, 3.05) is 16.8 Å². The van der Waals surface area contributed by atoms with Gasteiger partial charge in [-0.2, -0.15) is 0 Å². The number of nitrogens with zero attached hydrogens (tertiary/aromatic N) is 3. The fraction of sp³-hybridized carbons (Fsp3) is 0.200. The van der Waals surface area contributed by atoms with Crippen LogP contribution in [0.2, 0.25) is 0 Å². The molecule has 39 heavy (non-hydrogen) atoms. The molecule has 0 unspecified atom stereocenters. The number of hydrogen-bond acceptors (Lipinski definition) is 5. The third kappa shape index (κ3) is 5.87. The monoisotopic (exact) mass is 528 g/mol. The summed E-state index contributed by atoms with van der Waals surface area (Å²) in [4.78, 5) is 43.8. The number of carboxylic acids is 1. The molecule has 0 saturated carbocycles. The van der Waals surface area contributed by atoms with Crippen molar-refractivity contribution in [2.24, 2.45) is 13.0 Å². The van der Waals surface area contributed by atoms with E-state index in [1.807, 2.05) is 57.2 Å². The molecule has 0 radical (unpaired) electrons. The van der Waals surface area contributed by atoms with Crippen LogP contribution in [0.25, 0.3) is 11.3 Å². The number of hydrogen-bond donors (Lipinski definition) is 2. The summed E-state index contributed by atoms with van der Waals surface area (Å²) in [5, 5.41) is 11.9. The van der Waals surface area contributed by atoms with Crippen molar-refractivity contribution in [1.82, 2.24) is 9.55 Å². The maximum atomic E-state index is 14.2. The quantitative estimate of drug-likeness (QED) is 0.307. The standard InChI is InChI=1S/C30H29FN4O4/c1-18(2)16-35(28(36)20-9-6-5-7-10-20)26-12-8-11-22(19(26)3)25-17-34(4)29(37)27(33-25)32-21-13-14-23(30(38)39)24(31)15-21/h5-15,17-18H,16H2,1-4H3,(H,32,33)(H,38,39). The van der Waals surface area contributed by atoms with Crippen LogP contribution < -0.4 is 15.8 Å². The molecule has 0 aliphatic heterocycles. The van der Waals surface area contributed by atoms with Gasteiger partial charge in [0.05, 0.1) is 11.3 Å². The largest absolute Gasteiger partial charge is 0.478 e. The van der Waals surface area contributed by atoms with Crippen LogP contribution in [0, 0.1) is 18.7 Å². The number of aromatic nitrogens is 2. The van der Waals surface area contributed by atoms with Crippen molar-refractivity contribution in [1.29, 1.82) is 0 Å². The molecule has 0 fully saturated rings. The number of nitrogens with one attached hydrogen (secondary N) is 1. The lowest BCUT2D eigenvalue weighted by Crippen LogP contribution is -2.34. The van der Waals surface area contributed by atoms with Crippen LogP contribution in [-0.2, 0) is 7.05 Å². The van der Waals surface area contributed by atoms with E-state index in [1.54, 1.807) is 30.3 Å². The lowest BCUT2D eigenvalue weighted by molar-refractivity contribution is 0.0691. The molecule has 1 heterocycles. The summed E-state index contributed by atoms with van der Waals surface area (Å²) in [6.07, 6.45) is 1.60. The fourth-order valence-electron chi connectivity index (χ4n) is 4.31. The number of halogens is 1. The van der Waals surface area contributed by atoms with E-state index in [4.69, 9.17) is 5.11 Å². The Bertz CT molecular complexity index is 1600. The first kappa shape index (κ1) is 27.3. The number of carbonyl (C=O) groups excluding carboxylic acids is 1. The van der Waals surface area contributed by atoms with Gasteiger partial charge in [0.1, 0.15) is 5.82 Å². The van der Waals surface area contributed by atoms with Gasteiger partial charge in [0, 0.05) is 42.3 Å². The van der Waals surface area contributed by atoms with Gasteiger partial charge < -0.3 is 19.9 Å². The molecule has 2 N–H and O–H groups in total. The molecule has 3 aromatic carbocycles. The molecule has 9 heteroatoms. The summed E-state index contributed by atoms with van der Waals surface area (Å²) in [5.41, 5.74) is 2.56. The lowest BCUT2D eigenvalue weighted by atomic mass is 10.0. The summed E-state index contributed by atoms with van der Waals surface area (Å²) in [6.45, 7) is 6.49. The second-order valence-electron chi connectivity index (χ2n) is 9.64. The number of benzene rings is 3. The van der Waals surface area contributed by atoms with E-state index >= 15 is 0 Å². The average molecular weight is 529 g/mol. The van der Waals surface area contributed by atoms with Crippen molar-refractivity contribution < 1.29 is 19.1 Å². The molecule has 1 amide bonds. The summed E-state index contributed by atoms with van der Waals surface area (Å²) in [6, 6.07) is 18.2. The Balaban J connectivity index is 1.76. The van der Waals surface area contributed by atoms with Crippen molar-refractivity contribution in [3.8, 4) is 11.3 Å². The topological polar surface area (TPSA) is 105 Å². The van der Waals surface area contributed by atoms with Crippen molar-refractivity contribution in [3.05, 3.63) is 106 Å². The molecular weight excluding hydrogens is 499 g/mol. The molecule has 4 rings (SSSR count). The Morgan fingerprint density at radius 3 is 2.44 bits per heavy atom. The van der Waals surface area contributed by atoms with Crippen LogP contribution in [-0.4, -0.2) is 33.1 Å². The number of anilines is 3. The first-order chi connectivity index (χ1) is 18.6. The number of carboxylic acid groups (broad SMARTS) is 1. The molecule has 0 spiro atoms. The van der Waals surface area contributed by atoms with Crippen molar-refractivity contribution in [3.63, 3.8) is 0 Å². The van der Waals surface area contributed by atoms with Gasteiger partial charge in [0.2, 0.25) is 0 Å². The van der Waals surface area contributed by atoms with Crippen LogP contribution in [0.4, 0.5) is 21.6 Å². The molecule has 0 aliphatic carbocycles. The Labute approximate surface area is 225 Å². The first-order valence-corrected chi connectivity index (χ1v) is 12.4. The molecule has 4 aromatic rings. The Morgan fingerprint density at radius 1 is 1.08 bits per heavy atom. The normalized spacial score (nSPS) is 10.9. The van der Waals surface area contributed by atoms with Gasteiger partial charge in [-0.3, -0.25) is 9.59 Å². The highest BCUT2D eigenvalue weighted by Crippen LogP contribution is 2.31. The van der Waals surface area contributed by atoms with E-state index in [1.165, 1.54) is 10.6 Å². The number of aromatic carboxylic acids is 1. The van der Waals surface area contributed by atoms with Gasteiger partial charge in [-0.05, 0) is 54.8 Å². The Kier molecular flexibility index (Phi) is 7.90. The van der Waals surface area contributed by atoms with E-state index < -0.39 is 22.9 Å². The van der Waals surface area contributed by atoms with E-state index in [0.29, 0.717) is 23.4 Å². The van der Waals surface area contributed by atoms with Crippen LogP contribution >= 0.6 is 0 Å². The minimum Gasteiger partial charge on any atom is -0.478 e. The summed E-state index contributed by atoms with van der Waals surface area (Å²) in [7, 11) is 1.58.